The molecule has 1 atom stereocenters. The molecule has 1 aromatic heterocycles. The second kappa shape index (κ2) is 7.53. The molecule has 1 amide bonds. The molecule has 1 unspecified atom stereocenters. The van der Waals surface area contributed by atoms with E-state index in [1.807, 2.05) is 36.5 Å². The van der Waals surface area contributed by atoms with Crippen LogP contribution < -0.4 is 0 Å². The summed E-state index contributed by atoms with van der Waals surface area (Å²) in [5, 5.41) is 11.0. The van der Waals surface area contributed by atoms with Crippen LogP contribution in [0, 0.1) is 5.92 Å². The first-order valence-electron chi connectivity index (χ1n) is 8.38. The Labute approximate surface area is 146 Å². The lowest BCUT2D eigenvalue weighted by Crippen LogP contribution is -2.42. The van der Waals surface area contributed by atoms with Crippen LogP contribution >= 0.6 is 0 Å². The molecule has 1 aromatic carbocycles. The van der Waals surface area contributed by atoms with Gasteiger partial charge in [0.05, 0.1) is 7.11 Å². The van der Waals surface area contributed by atoms with Crippen LogP contribution in [0.25, 0.3) is 17.0 Å². The molecule has 132 valence electrons. The van der Waals surface area contributed by atoms with Crippen LogP contribution in [0.3, 0.4) is 0 Å². The summed E-state index contributed by atoms with van der Waals surface area (Å²) in [6, 6.07) is 7.96. The van der Waals surface area contributed by atoms with Gasteiger partial charge in [-0.3, -0.25) is 4.79 Å². The summed E-state index contributed by atoms with van der Waals surface area (Å²) < 4.78 is 4.57. The van der Waals surface area contributed by atoms with Gasteiger partial charge in [0, 0.05) is 30.9 Å². The van der Waals surface area contributed by atoms with Gasteiger partial charge < -0.3 is 19.7 Å². The number of rotatable bonds is 4. The van der Waals surface area contributed by atoms with Crippen LogP contribution in [0.4, 0.5) is 0 Å². The highest BCUT2D eigenvalue weighted by Crippen LogP contribution is 2.22. The zero-order valence-electron chi connectivity index (χ0n) is 14.1. The zero-order chi connectivity index (χ0) is 17.8. The van der Waals surface area contributed by atoms with Crippen LogP contribution in [-0.4, -0.2) is 53.2 Å². The summed E-state index contributed by atoms with van der Waals surface area (Å²) in [6.45, 7) is 1.05. The van der Waals surface area contributed by atoms with E-state index in [4.69, 9.17) is 0 Å². The number of methoxy groups -OCH3 is 1. The summed E-state index contributed by atoms with van der Waals surface area (Å²) in [4.78, 5) is 28.6. The number of esters is 1. The molecule has 1 aliphatic rings. The Bertz CT molecular complexity index is 788. The van der Waals surface area contributed by atoms with E-state index in [0.29, 0.717) is 25.9 Å². The largest absolute Gasteiger partial charge is 0.467 e. The Balaban J connectivity index is 1.56. The Kier molecular flexibility index (Phi) is 5.19. The number of aliphatic hydroxyl groups excluding tert-OH is 1. The summed E-state index contributed by atoms with van der Waals surface area (Å²) in [5.41, 5.74) is 2.03. The number of hydrogen-bond donors (Lipinski definition) is 2. The number of nitrogens with zero attached hydrogens (tertiary/aromatic N) is 1. The number of piperidine rings is 1. The minimum Gasteiger partial charge on any atom is -0.467 e. The normalized spacial score (nSPS) is 17.1. The van der Waals surface area contributed by atoms with Crippen LogP contribution in [-0.2, 0) is 14.3 Å². The molecular weight excluding hydrogens is 320 g/mol. The topological polar surface area (TPSA) is 82.6 Å². The number of H-pyrrole nitrogens is 1. The summed E-state index contributed by atoms with van der Waals surface area (Å²) >= 11 is 0. The van der Waals surface area contributed by atoms with Crippen LogP contribution in [0.2, 0.25) is 0 Å². The van der Waals surface area contributed by atoms with Crippen molar-refractivity contribution in [3.05, 3.63) is 42.1 Å². The van der Waals surface area contributed by atoms with Crippen molar-refractivity contribution < 1.29 is 19.4 Å². The third-order valence-corrected chi connectivity index (χ3v) is 4.74. The van der Waals surface area contributed by atoms with Crippen molar-refractivity contribution in [2.75, 3.05) is 20.2 Å². The molecule has 6 nitrogen and oxygen atoms in total. The second-order valence-corrected chi connectivity index (χ2v) is 6.29. The third-order valence-electron chi connectivity index (χ3n) is 4.74. The second-order valence-electron chi connectivity index (χ2n) is 6.29. The number of carbonyl (C=O) groups is 2. The first kappa shape index (κ1) is 17.2. The van der Waals surface area contributed by atoms with Gasteiger partial charge in [-0.05, 0) is 54.0 Å². The molecule has 25 heavy (non-hydrogen) atoms. The van der Waals surface area contributed by atoms with Gasteiger partial charge in [-0.25, -0.2) is 4.79 Å². The van der Waals surface area contributed by atoms with Gasteiger partial charge in [-0.2, -0.15) is 0 Å². The number of benzene rings is 1. The zero-order valence-corrected chi connectivity index (χ0v) is 14.1. The highest BCUT2D eigenvalue weighted by molar-refractivity contribution is 5.92. The fraction of sp³-hybridized carbons (Fsp3) is 0.368. The van der Waals surface area contributed by atoms with Crippen molar-refractivity contribution in [2.45, 2.75) is 18.9 Å². The fourth-order valence-corrected chi connectivity index (χ4v) is 3.20. The number of aromatic amines is 1. The number of hydrogen-bond acceptors (Lipinski definition) is 4. The minimum atomic E-state index is -1.11. The molecule has 3 rings (SSSR count). The number of likely N-dealkylation sites (tertiary alicyclic amines) is 1. The average Bonchev–Trinajstić information content (AvgIpc) is 3.12. The third kappa shape index (κ3) is 3.91. The van der Waals surface area contributed by atoms with Crippen LogP contribution in [0.5, 0.6) is 0 Å². The maximum Gasteiger partial charge on any atom is 0.334 e. The Morgan fingerprint density at radius 2 is 2.08 bits per heavy atom. The van der Waals surface area contributed by atoms with E-state index in [1.54, 1.807) is 11.0 Å². The minimum absolute atomic E-state index is 0.0554. The lowest BCUT2D eigenvalue weighted by Gasteiger charge is -2.32. The standard InChI is InChI=1S/C19H22N2O4/c1-25-19(24)18(23)14-7-10-21(11-8-14)17(22)5-3-13-2-4-16-15(12-13)6-9-20-16/h2-6,9,12,14,18,20,23H,7-8,10-11H2,1H3/b5-3+. The molecule has 0 saturated carbocycles. The maximum absolute atomic E-state index is 12.3. The molecular formula is C19H22N2O4. The van der Waals surface area contributed by atoms with Gasteiger partial charge >= 0.3 is 5.97 Å². The van der Waals surface area contributed by atoms with E-state index >= 15 is 0 Å². The van der Waals surface area contributed by atoms with Crippen molar-refractivity contribution in [3.63, 3.8) is 0 Å². The Morgan fingerprint density at radius 1 is 1.32 bits per heavy atom. The van der Waals surface area contributed by atoms with Gasteiger partial charge in [0.1, 0.15) is 0 Å². The SMILES string of the molecule is COC(=O)C(O)C1CCN(C(=O)/C=C/c2ccc3[nH]ccc3c2)CC1. The van der Waals surface area contributed by atoms with Crippen molar-refractivity contribution >= 4 is 28.9 Å². The fourth-order valence-electron chi connectivity index (χ4n) is 3.20. The molecule has 0 spiro atoms. The van der Waals surface area contributed by atoms with Crippen molar-refractivity contribution in [3.8, 4) is 0 Å². The molecule has 0 radical (unpaired) electrons. The lowest BCUT2D eigenvalue weighted by atomic mass is 9.91. The number of ether oxygens (including phenoxy) is 1. The number of fused-ring (bicyclic) bond motifs is 1. The predicted molar refractivity (Wildman–Crippen MR) is 94.7 cm³/mol. The summed E-state index contributed by atoms with van der Waals surface area (Å²) in [7, 11) is 1.26. The highest BCUT2D eigenvalue weighted by atomic mass is 16.5. The van der Waals surface area contributed by atoms with Crippen molar-refractivity contribution in [2.24, 2.45) is 5.92 Å². The quantitative estimate of drug-likeness (QED) is 0.657. The van der Waals surface area contributed by atoms with E-state index in [9.17, 15) is 14.7 Å². The molecule has 1 aliphatic heterocycles. The smallest absolute Gasteiger partial charge is 0.334 e. The highest BCUT2D eigenvalue weighted by Gasteiger charge is 2.31. The van der Waals surface area contributed by atoms with E-state index in [0.717, 1.165) is 16.5 Å². The van der Waals surface area contributed by atoms with E-state index in [1.165, 1.54) is 7.11 Å². The number of aliphatic hydroxyl groups is 1. The molecule has 2 heterocycles. The molecule has 2 N–H and O–H groups in total. The first-order chi connectivity index (χ1) is 12.1. The predicted octanol–water partition coefficient (Wildman–Crippen LogP) is 1.95. The molecule has 6 heteroatoms. The van der Waals surface area contributed by atoms with Crippen LogP contribution in [0.15, 0.2) is 36.5 Å². The molecule has 2 aromatic rings. The Morgan fingerprint density at radius 3 is 2.80 bits per heavy atom. The van der Waals surface area contributed by atoms with Crippen molar-refractivity contribution in [1.29, 1.82) is 0 Å². The van der Waals surface area contributed by atoms with Gasteiger partial charge in [0.2, 0.25) is 5.91 Å². The molecule has 0 bridgehead atoms. The first-order valence-corrected chi connectivity index (χ1v) is 8.38. The number of nitrogens with one attached hydrogen (secondary N) is 1. The molecule has 1 fully saturated rings. The van der Waals surface area contributed by atoms with Gasteiger partial charge in [-0.15, -0.1) is 0 Å². The summed E-state index contributed by atoms with van der Waals surface area (Å²) in [5.74, 6) is -0.818. The average molecular weight is 342 g/mol. The molecule has 1 saturated heterocycles. The monoisotopic (exact) mass is 342 g/mol. The van der Waals surface area contributed by atoms with Gasteiger partial charge in [0.15, 0.2) is 6.10 Å². The van der Waals surface area contributed by atoms with Gasteiger partial charge in [-0.1, -0.05) is 6.07 Å². The van der Waals surface area contributed by atoms with Crippen molar-refractivity contribution in [1.82, 2.24) is 9.88 Å². The van der Waals surface area contributed by atoms with Gasteiger partial charge in [0.25, 0.3) is 0 Å². The number of carbonyl (C=O) groups excluding carboxylic acids is 2. The molecule has 0 aliphatic carbocycles. The van der Waals surface area contributed by atoms with Crippen LogP contribution in [0.1, 0.15) is 18.4 Å². The van der Waals surface area contributed by atoms with E-state index in [-0.39, 0.29) is 11.8 Å². The Hall–Kier alpha value is -2.60. The van der Waals surface area contributed by atoms with E-state index < -0.39 is 12.1 Å². The summed E-state index contributed by atoms with van der Waals surface area (Å²) in [6.07, 6.45) is 5.34. The number of amides is 1. The maximum atomic E-state index is 12.3. The number of aromatic nitrogens is 1. The van der Waals surface area contributed by atoms with E-state index in [2.05, 4.69) is 9.72 Å². The lowest BCUT2D eigenvalue weighted by molar-refractivity contribution is -0.154.